The van der Waals surface area contributed by atoms with Gasteiger partial charge in [0, 0.05) is 25.7 Å². The molecule has 21 heavy (non-hydrogen) atoms. The summed E-state index contributed by atoms with van der Waals surface area (Å²) in [5, 5.41) is 2.55. The number of imide groups is 1. The van der Waals surface area contributed by atoms with Crippen LogP contribution in [0.1, 0.15) is 19.5 Å². The van der Waals surface area contributed by atoms with Crippen LogP contribution in [0.2, 0.25) is 0 Å². The van der Waals surface area contributed by atoms with E-state index in [1.165, 1.54) is 17.4 Å². The van der Waals surface area contributed by atoms with E-state index in [4.69, 9.17) is 0 Å². The minimum absolute atomic E-state index is 0.0399. The molecule has 0 fully saturated rings. The maximum atomic E-state index is 12.0. The lowest BCUT2D eigenvalue weighted by molar-refractivity contribution is -0.126. The van der Waals surface area contributed by atoms with E-state index in [0.717, 1.165) is 4.90 Å². The fourth-order valence-electron chi connectivity index (χ4n) is 1.92. The summed E-state index contributed by atoms with van der Waals surface area (Å²) in [5.74, 6) is -0.406. The Hall–Kier alpha value is -2.70. The molecule has 7 heteroatoms. The Balaban J connectivity index is 2.35. The Morgan fingerprint density at radius 3 is 2.81 bits per heavy atom. The van der Waals surface area contributed by atoms with Gasteiger partial charge < -0.3 is 5.32 Å². The molecule has 0 bridgehead atoms. The van der Waals surface area contributed by atoms with Crippen molar-refractivity contribution < 1.29 is 9.59 Å². The van der Waals surface area contributed by atoms with E-state index in [2.05, 4.69) is 10.3 Å². The Labute approximate surface area is 121 Å². The quantitative estimate of drug-likeness (QED) is 0.904. The average Bonchev–Trinajstić information content (AvgIpc) is 2.44. The van der Waals surface area contributed by atoms with Gasteiger partial charge in [-0.3, -0.25) is 18.9 Å². The van der Waals surface area contributed by atoms with E-state index in [1.54, 1.807) is 31.3 Å². The van der Waals surface area contributed by atoms with Gasteiger partial charge in [0.2, 0.25) is 5.91 Å². The third-order valence-corrected chi connectivity index (χ3v) is 2.90. The highest BCUT2D eigenvalue weighted by Gasteiger charge is 2.18. The van der Waals surface area contributed by atoms with Crippen LogP contribution in [0.4, 0.5) is 4.79 Å². The lowest BCUT2D eigenvalue weighted by atomic mass is 10.3. The molecule has 0 saturated heterocycles. The first-order valence-electron chi connectivity index (χ1n) is 6.56. The molecule has 0 aliphatic heterocycles. The Morgan fingerprint density at radius 2 is 2.14 bits per heavy atom. The fourth-order valence-corrected chi connectivity index (χ4v) is 1.92. The number of hydrogen-bond acceptors (Lipinski definition) is 4. The van der Waals surface area contributed by atoms with Gasteiger partial charge in [-0.15, -0.1) is 0 Å². The largest absolute Gasteiger partial charge is 0.338 e. The number of carbonyl (C=O) groups is 2. The number of urea groups is 1. The third-order valence-electron chi connectivity index (χ3n) is 2.90. The third kappa shape index (κ3) is 3.25. The Morgan fingerprint density at radius 1 is 1.38 bits per heavy atom. The predicted octanol–water partition coefficient (Wildman–Crippen LogP) is 0.772. The molecule has 0 unspecified atom stereocenters. The van der Waals surface area contributed by atoms with Crippen LogP contribution in [0.25, 0.3) is 5.65 Å². The van der Waals surface area contributed by atoms with Gasteiger partial charge in [-0.25, -0.2) is 9.78 Å². The van der Waals surface area contributed by atoms with Crippen LogP contribution < -0.4 is 10.9 Å². The molecule has 0 radical (unpaired) electrons. The van der Waals surface area contributed by atoms with E-state index in [1.807, 2.05) is 0 Å². The number of rotatable bonds is 3. The minimum Gasteiger partial charge on any atom is -0.338 e. The maximum absolute atomic E-state index is 12.0. The zero-order chi connectivity index (χ0) is 15.4. The molecule has 0 aliphatic rings. The number of nitrogens with one attached hydrogen (secondary N) is 1. The first-order chi connectivity index (χ1) is 10.0. The molecular weight excluding hydrogens is 272 g/mol. The van der Waals surface area contributed by atoms with Crippen molar-refractivity contribution in [2.45, 2.75) is 20.4 Å². The van der Waals surface area contributed by atoms with Crippen molar-refractivity contribution in [2.75, 3.05) is 6.54 Å². The molecule has 110 valence electrons. The zero-order valence-electron chi connectivity index (χ0n) is 11.9. The van der Waals surface area contributed by atoms with Crippen LogP contribution >= 0.6 is 0 Å². The van der Waals surface area contributed by atoms with Crippen LogP contribution in [0.3, 0.4) is 0 Å². The van der Waals surface area contributed by atoms with Crippen LogP contribution in [0.15, 0.2) is 35.3 Å². The van der Waals surface area contributed by atoms with Crippen LogP contribution in [-0.2, 0) is 11.3 Å². The van der Waals surface area contributed by atoms with Crippen molar-refractivity contribution in [2.24, 2.45) is 0 Å². The molecule has 2 rings (SSSR count). The predicted molar refractivity (Wildman–Crippen MR) is 76.8 cm³/mol. The highest BCUT2D eigenvalue weighted by atomic mass is 16.2. The first-order valence-corrected chi connectivity index (χ1v) is 6.56. The van der Waals surface area contributed by atoms with Gasteiger partial charge in [0.15, 0.2) is 0 Å². The van der Waals surface area contributed by atoms with Gasteiger partial charge in [0.25, 0.3) is 5.56 Å². The number of pyridine rings is 1. The van der Waals surface area contributed by atoms with E-state index in [-0.39, 0.29) is 12.1 Å². The normalized spacial score (nSPS) is 10.4. The smallest absolute Gasteiger partial charge is 0.324 e. The van der Waals surface area contributed by atoms with E-state index < -0.39 is 11.9 Å². The van der Waals surface area contributed by atoms with Gasteiger partial charge in [-0.1, -0.05) is 6.07 Å². The Kier molecular flexibility index (Phi) is 4.32. The molecule has 2 heterocycles. The first kappa shape index (κ1) is 14.7. The second kappa shape index (κ2) is 6.17. The number of carbonyl (C=O) groups excluding carboxylic acids is 2. The average molecular weight is 288 g/mol. The number of aromatic nitrogens is 2. The molecule has 0 aliphatic carbocycles. The molecule has 0 aromatic carbocycles. The summed E-state index contributed by atoms with van der Waals surface area (Å²) in [6, 6.07) is 6.00. The molecule has 0 atom stereocenters. The molecule has 3 amide bonds. The van der Waals surface area contributed by atoms with Gasteiger partial charge >= 0.3 is 6.03 Å². The molecule has 0 saturated carbocycles. The van der Waals surface area contributed by atoms with E-state index in [9.17, 15) is 14.4 Å². The number of fused-ring (bicyclic) bond motifs is 1. The lowest BCUT2D eigenvalue weighted by Crippen LogP contribution is -2.42. The van der Waals surface area contributed by atoms with E-state index >= 15 is 0 Å². The molecule has 1 N–H and O–H groups in total. The summed E-state index contributed by atoms with van der Waals surface area (Å²) in [7, 11) is 0. The summed E-state index contributed by atoms with van der Waals surface area (Å²) in [6.07, 6.45) is 1.61. The van der Waals surface area contributed by atoms with Crippen molar-refractivity contribution in [3.05, 3.63) is 46.5 Å². The van der Waals surface area contributed by atoms with Crippen molar-refractivity contribution in [3.63, 3.8) is 0 Å². The van der Waals surface area contributed by atoms with Crippen molar-refractivity contribution in [1.29, 1.82) is 0 Å². The van der Waals surface area contributed by atoms with Crippen molar-refractivity contribution in [1.82, 2.24) is 19.6 Å². The molecular formula is C14H16N4O3. The van der Waals surface area contributed by atoms with Crippen molar-refractivity contribution >= 4 is 17.6 Å². The van der Waals surface area contributed by atoms with Crippen LogP contribution in [0, 0.1) is 0 Å². The van der Waals surface area contributed by atoms with Crippen LogP contribution in [-0.4, -0.2) is 32.8 Å². The van der Waals surface area contributed by atoms with Gasteiger partial charge in [0.05, 0.1) is 12.2 Å². The Bertz CT molecular complexity index is 738. The second-order valence-electron chi connectivity index (χ2n) is 4.46. The van der Waals surface area contributed by atoms with Crippen molar-refractivity contribution in [3.8, 4) is 0 Å². The van der Waals surface area contributed by atoms with Gasteiger partial charge in [0.1, 0.15) is 5.65 Å². The monoisotopic (exact) mass is 288 g/mol. The summed E-state index contributed by atoms with van der Waals surface area (Å²) >= 11 is 0. The maximum Gasteiger partial charge on any atom is 0.324 e. The topological polar surface area (TPSA) is 83.8 Å². The highest BCUT2D eigenvalue weighted by molar-refractivity contribution is 5.93. The summed E-state index contributed by atoms with van der Waals surface area (Å²) in [5.41, 5.74) is 0.585. The van der Waals surface area contributed by atoms with Gasteiger partial charge in [-0.2, -0.15) is 0 Å². The molecule has 2 aromatic rings. The molecule has 2 aromatic heterocycles. The zero-order valence-corrected chi connectivity index (χ0v) is 11.9. The minimum atomic E-state index is -0.500. The molecule has 0 spiro atoms. The summed E-state index contributed by atoms with van der Waals surface area (Å²) in [6.45, 7) is 3.43. The number of hydrogen-bond donors (Lipinski definition) is 1. The number of amides is 3. The van der Waals surface area contributed by atoms with Crippen LogP contribution in [0.5, 0.6) is 0 Å². The SMILES string of the molecule is CCNC(=O)N(Cc1cc(=O)n2ccccc2n1)C(C)=O. The highest BCUT2D eigenvalue weighted by Crippen LogP contribution is 2.04. The standard InChI is InChI=1S/C14H16N4O3/c1-3-15-14(21)18(10(2)19)9-11-8-13(20)17-7-5-4-6-12(17)16-11/h4-8H,3,9H2,1-2H3,(H,15,21). The summed E-state index contributed by atoms with van der Waals surface area (Å²) in [4.78, 5) is 40.7. The fraction of sp³-hybridized carbons (Fsp3) is 0.286. The summed E-state index contributed by atoms with van der Waals surface area (Å²) < 4.78 is 1.40. The van der Waals surface area contributed by atoms with Gasteiger partial charge in [-0.05, 0) is 19.1 Å². The lowest BCUT2D eigenvalue weighted by Gasteiger charge is -2.18. The molecule has 7 nitrogen and oxygen atoms in total. The van der Waals surface area contributed by atoms with E-state index in [0.29, 0.717) is 17.9 Å². The second-order valence-corrected chi connectivity index (χ2v) is 4.46. The number of nitrogens with zero attached hydrogens (tertiary/aromatic N) is 3.